The van der Waals surface area contributed by atoms with Gasteiger partial charge in [-0.1, -0.05) is 12.1 Å². The lowest BCUT2D eigenvalue weighted by molar-refractivity contribution is -0.384. The maximum absolute atomic E-state index is 10.5. The molecule has 1 aromatic carbocycles. The van der Waals surface area contributed by atoms with Crippen LogP contribution in [-0.2, 0) is 6.54 Å². The van der Waals surface area contributed by atoms with Crippen LogP contribution in [0.2, 0.25) is 0 Å². The first-order valence-electron chi connectivity index (χ1n) is 5.07. The second kappa shape index (κ2) is 5.04. The Balaban J connectivity index is 2.00. The van der Waals surface area contributed by atoms with E-state index in [0.717, 1.165) is 5.56 Å². The molecule has 0 bridgehead atoms. The highest BCUT2D eigenvalue weighted by molar-refractivity contribution is 5.35. The van der Waals surface area contributed by atoms with E-state index in [0.29, 0.717) is 12.5 Å². The second-order valence-electron chi connectivity index (χ2n) is 3.44. The van der Waals surface area contributed by atoms with Crippen LogP contribution in [-0.4, -0.2) is 19.9 Å². The van der Waals surface area contributed by atoms with Crippen LogP contribution < -0.4 is 11.1 Å². The highest BCUT2D eigenvalue weighted by atomic mass is 16.6. The number of rotatable bonds is 4. The minimum absolute atomic E-state index is 0.0585. The lowest BCUT2D eigenvalue weighted by Crippen LogP contribution is -2.06. The predicted molar refractivity (Wildman–Crippen MR) is 64.7 cm³/mol. The first kappa shape index (κ1) is 11.7. The van der Waals surface area contributed by atoms with Gasteiger partial charge in [-0.2, -0.15) is 4.98 Å². The summed E-state index contributed by atoms with van der Waals surface area (Å²) >= 11 is 0. The summed E-state index contributed by atoms with van der Waals surface area (Å²) < 4.78 is 0. The second-order valence-corrected chi connectivity index (χ2v) is 3.44. The van der Waals surface area contributed by atoms with E-state index in [9.17, 15) is 10.1 Å². The molecular weight excluding hydrogens is 236 g/mol. The molecule has 0 amide bonds. The van der Waals surface area contributed by atoms with E-state index in [1.54, 1.807) is 12.1 Å². The van der Waals surface area contributed by atoms with E-state index in [4.69, 9.17) is 5.73 Å². The summed E-state index contributed by atoms with van der Waals surface area (Å²) in [5.41, 5.74) is 6.34. The predicted octanol–water partition coefficient (Wildman–Crippen LogP) is 0.974. The van der Waals surface area contributed by atoms with E-state index in [2.05, 4.69) is 20.3 Å². The van der Waals surface area contributed by atoms with Crippen molar-refractivity contribution in [3.05, 3.63) is 46.3 Å². The Morgan fingerprint density at radius 1 is 1.28 bits per heavy atom. The summed E-state index contributed by atoms with van der Waals surface area (Å²) in [4.78, 5) is 21.5. The quantitative estimate of drug-likeness (QED) is 0.609. The SMILES string of the molecule is Nc1ncnc(NCc2ccc([N+](=O)[O-])cc2)n1. The van der Waals surface area contributed by atoms with Gasteiger partial charge in [-0.15, -0.1) is 0 Å². The van der Waals surface area contributed by atoms with Crippen molar-refractivity contribution in [1.82, 2.24) is 15.0 Å². The summed E-state index contributed by atoms with van der Waals surface area (Å²) in [6.07, 6.45) is 1.31. The molecule has 8 heteroatoms. The Bertz CT molecular complexity index is 557. The maximum atomic E-state index is 10.5. The van der Waals surface area contributed by atoms with Gasteiger partial charge >= 0.3 is 0 Å². The number of non-ortho nitro benzene ring substituents is 1. The largest absolute Gasteiger partial charge is 0.368 e. The van der Waals surface area contributed by atoms with Crippen molar-refractivity contribution in [2.24, 2.45) is 0 Å². The van der Waals surface area contributed by atoms with Gasteiger partial charge < -0.3 is 11.1 Å². The van der Waals surface area contributed by atoms with E-state index in [1.807, 2.05) is 0 Å². The zero-order valence-corrected chi connectivity index (χ0v) is 9.28. The van der Waals surface area contributed by atoms with E-state index >= 15 is 0 Å². The number of anilines is 2. The fraction of sp³-hybridized carbons (Fsp3) is 0.100. The summed E-state index contributed by atoms with van der Waals surface area (Å²) in [7, 11) is 0. The lowest BCUT2D eigenvalue weighted by Gasteiger charge is -2.04. The number of nitro groups is 1. The summed E-state index contributed by atoms with van der Waals surface area (Å²) in [5.74, 6) is 0.497. The Kier molecular flexibility index (Phi) is 3.28. The molecule has 1 heterocycles. The molecule has 2 rings (SSSR count). The fourth-order valence-electron chi connectivity index (χ4n) is 1.31. The molecule has 0 unspecified atom stereocenters. The van der Waals surface area contributed by atoms with Gasteiger partial charge in [0.2, 0.25) is 11.9 Å². The van der Waals surface area contributed by atoms with Gasteiger partial charge in [-0.3, -0.25) is 10.1 Å². The number of nitrogen functional groups attached to an aromatic ring is 1. The maximum Gasteiger partial charge on any atom is 0.269 e. The van der Waals surface area contributed by atoms with Crippen molar-refractivity contribution in [2.75, 3.05) is 11.1 Å². The minimum Gasteiger partial charge on any atom is -0.368 e. The molecule has 0 saturated heterocycles. The van der Waals surface area contributed by atoms with Crippen LogP contribution in [0.25, 0.3) is 0 Å². The van der Waals surface area contributed by atoms with Gasteiger partial charge in [0.15, 0.2) is 0 Å². The van der Waals surface area contributed by atoms with Crippen LogP contribution in [0.1, 0.15) is 5.56 Å². The zero-order valence-electron chi connectivity index (χ0n) is 9.28. The standard InChI is InChI=1S/C10H10N6O2/c11-9-13-6-14-10(15-9)12-5-7-1-3-8(4-2-7)16(17)18/h1-4,6H,5H2,(H3,11,12,13,14,15). The number of aromatic nitrogens is 3. The molecule has 1 aromatic heterocycles. The van der Waals surface area contributed by atoms with Gasteiger partial charge in [-0.05, 0) is 5.56 Å². The third-order valence-electron chi connectivity index (χ3n) is 2.19. The minimum atomic E-state index is -0.441. The van der Waals surface area contributed by atoms with Crippen molar-refractivity contribution in [1.29, 1.82) is 0 Å². The van der Waals surface area contributed by atoms with Crippen molar-refractivity contribution in [3.63, 3.8) is 0 Å². The molecule has 0 spiro atoms. The smallest absolute Gasteiger partial charge is 0.269 e. The van der Waals surface area contributed by atoms with Crippen LogP contribution in [0, 0.1) is 10.1 Å². The summed E-state index contributed by atoms with van der Waals surface area (Å²) in [6.45, 7) is 0.446. The molecule has 92 valence electrons. The molecule has 0 aliphatic rings. The molecule has 0 saturated carbocycles. The molecule has 0 aliphatic heterocycles. The normalized spacial score (nSPS) is 10.0. The molecule has 2 aromatic rings. The van der Waals surface area contributed by atoms with E-state index in [1.165, 1.54) is 18.5 Å². The van der Waals surface area contributed by atoms with Crippen LogP contribution in [0.15, 0.2) is 30.6 Å². The molecule has 0 atom stereocenters. The molecule has 0 fully saturated rings. The Labute approximate surface area is 102 Å². The number of nitrogens with one attached hydrogen (secondary N) is 1. The molecule has 3 N–H and O–H groups in total. The first-order chi connectivity index (χ1) is 8.65. The topological polar surface area (TPSA) is 120 Å². The summed E-state index contributed by atoms with van der Waals surface area (Å²) in [5, 5.41) is 13.4. The fourth-order valence-corrected chi connectivity index (χ4v) is 1.31. The van der Waals surface area contributed by atoms with Crippen molar-refractivity contribution in [3.8, 4) is 0 Å². The van der Waals surface area contributed by atoms with Crippen molar-refractivity contribution < 1.29 is 4.92 Å². The number of benzene rings is 1. The Hall–Kier alpha value is -2.77. The van der Waals surface area contributed by atoms with Crippen LogP contribution in [0.5, 0.6) is 0 Å². The average molecular weight is 246 g/mol. The van der Waals surface area contributed by atoms with E-state index < -0.39 is 4.92 Å². The molecular formula is C10H10N6O2. The third kappa shape index (κ3) is 2.88. The van der Waals surface area contributed by atoms with Crippen molar-refractivity contribution >= 4 is 17.6 Å². The third-order valence-corrected chi connectivity index (χ3v) is 2.19. The number of hydrogen-bond acceptors (Lipinski definition) is 7. The van der Waals surface area contributed by atoms with E-state index in [-0.39, 0.29) is 11.6 Å². The molecule has 8 nitrogen and oxygen atoms in total. The molecule has 18 heavy (non-hydrogen) atoms. The summed E-state index contributed by atoms with van der Waals surface area (Å²) in [6, 6.07) is 6.21. The average Bonchev–Trinajstić information content (AvgIpc) is 2.37. The molecule has 0 radical (unpaired) electrons. The number of hydrogen-bond donors (Lipinski definition) is 2. The number of nitrogens with zero attached hydrogens (tertiary/aromatic N) is 4. The van der Waals surface area contributed by atoms with Crippen LogP contribution >= 0.6 is 0 Å². The van der Waals surface area contributed by atoms with Gasteiger partial charge in [-0.25, -0.2) is 9.97 Å². The highest BCUT2D eigenvalue weighted by Gasteiger charge is 2.04. The van der Waals surface area contributed by atoms with Gasteiger partial charge in [0.25, 0.3) is 5.69 Å². The van der Waals surface area contributed by atoms with Gasteiger partial charge in [0.1, 0.15) is 6.33 Å². The molecule has 0 aliphatic carbocycles. The monoisotopic (exact) mass is 246 g/mol. The first-order valence-corrected chi connectivity index (χ1v) is 5.07. The van der Waals surface area contributed by atoms with Gasteiger partial charge in [0.05, 0.1) is 4.92 Å². The van der Waals surface area contributed by atoms with Gasteiger partial charge in [0, 0.05) is 18.7 Å². The zero-order chi connectivity index (χ0) is 13.0. The van der Waals surface area contributed by atoms with Crippen LogP contribution in [0.4, 0.5) is 17.6 Å². The lowest BCUT2D eigenvalue weighted by atomic mass is 10.2. The Morgan fingerprint density at radius 3 is 2.61 bits per heavy atom. The van der Waals surface area contributed by atoms with Crippen molar-refractivity contribution in [2.45, 2.75) is 6.54 Å². The number of nitro benzene ring substituents is 1. The highest BCUT2D eigenvalue weighted by Crippen LogP contribution is 2.12. The Morgan fingerprint density at radius 2 is 2.00 bits per heavy atom. The number of nitrogens with two attached hydrogens (primary N) is 1. The van der Waals surface area contributed by atoms with Crippen LogP contribution in [0.3, 0.4) is 0 Å².